The summed E-state index contributed by atoms with van der Waals surface area (Å²) < 4.78 is 5.95. The first-order valence-electron chi connectivity index (χ1n) is 8.07. The summed E-state index contributed by atoms with van der Waals surface area (Å²) >= 11 is 1.85. The predicted octanol–water partition coefficient (Wildman–Crippen LogP) is 4.69. The second-order valence-electron chi connectivity index (χ2n) is 6.02. The van der Waals surface area contributed by atoms with Crippen molar-refractivity contribution in [2.75, 3.05) is 13.7 Å². The Morgan fingerprint density at radius 1 is 1.35 bits per heavy atom. The number of hydrogen-bond acceptors (Lipinski definition) is 3. The fraction of sp³-hybridized carbons (Fsp3) is 0.765. The molecule has 2 unspecified atom stereocenters. The van der Waals surface area contributed by atoms with Crippen molar-refractivity contribution >= 4 is 11.3 Å². The van der Waals surface area contributed by atoms with Gasteiger partial charge >= 0.3 is 0 Å². The predicted molar refractivity (Wildman–Crippen MR) is 87.5 cm³/mol. The van der Waals surface area contributed by atoms with E-state index in [9.17, 15) is 0 Å². The lowest BCUT2D eigenvalue weighted by atomic mass is 9.81. The molecule has 0 radical (unpaired) electrons. The number of hydrogen-bond donors (Lipinski definition) is 1. The van der Waals surface area contributed by atoms with Crippen LogP contribution in [-0.4, -0.2) is 19.8 Å². The van der Waals surface area contributed by atoms with E-state index in [1.54, 1.807) is 0 Å². The Morgan fingerprint density at radius 3 is 2.65 bits per heavy atom. The van der Waals surface area contributed by atoms with Gasteiger partial charge in [0.2, 0.25) is 0 Å². The molecule has 1 aliphatic carbocycles. The third-order valence-electron chi connectivity index (χ3n) is 4.44. The van der Waals surface area contributed by atoms with Crippen LogP contribution in [-0.2, 0) is 4.74 Å². The molecule has 2 atom stereocenters. The molecule has 1 aromatic rings. The molecule has 1 saturated carbocycles. The number of methoxy groups -OCH3 is 1. The molecule has 1 heterocycles. The van der Waals surface area contributed by atoms with Crippen LogP contribution in [0.5, 0.6) is 0 Å². The Labute approximate surface area is 127 Å². The van der Waals surface area contributed by atoms with Crippen molar-refractivity contribution in [3.63, 3.8) is 0 Å². The Kier molecular flexibility index (Phi) is 6.53. The van der Waals surface area contributed by atoms with Crippen molar-refractivity contribution in [3.05, 3.63) is 21.9 Å². The minimum atomic E-state index is 0.316. The first-order chi connectivity index (χ1) is 9.76. The van der Waals surface area contributed by atoms with E-state index in [-0.39, 0.29) is 0 Å². The standard InChI is InChI=1S/C17H29NOS/c1-4-10-18-16(15-11-13(2)20-12-15)17(19-3)14-8-6-5-7-9-14/h11-12,14,16-18H,4-10H2,1-3H3. The number of rotatable bonds is 7. The van der Waals surface area contributed by atoms with Crippen LogP contribution in [0, 0.1) is 12.8 Å². The molecule has 20 heavy (non-hydrogen) atoms. The van der Waals surface area contributed by atoms with Gasteiger partial charge in [0.25, 0.3) is 0 Å². The summed E-state index contributed by atoms with van der Waals surface area (Å²) in [6.07, 6.45) is 8.27. The molecule has 0 amide bonds. The van der Waals surface area contributed by atoms with Crippen LogP contribution in [0.25, 0.3) is 0 Å². The molecule has 0 aliphatic heterocycles. The Bertz CT molecular complexity index is 384. The van der Waals surface area contributed by atoms with E-state index >= 15 is 0 Å². The molecule has 1 aliphatic rings. The Balaban J connectivity index is 2.13. The number of thiophene rings is 1. The van der Waals surface area contributed by atoms with Crippen LogP contribution in [0.1, 0.15) is 61.9 Å². The molecule has 2 rings (SSSR count). The zero-order chi connectivity index (χ0) is 14.4. The molecule has 1 aromatic heterocycles. The summed E-state index contributed by atoms with van der Waals surface area (Å²) in [6, 6.07) is 2.68. The monoisotopic (exact) mass is 295 g/mol. The van der Waals surface area contributed by atoms with E-state index in [4.69, 9.17) is 4.74 Å². The summed E-state index contributed by atoms with van der Waals surface area (Å²) in [5.41, 5.74) is 1.42. The molecule has 0 aromatic carbocycles. The maximum absolute atomic E-state index is 5.95. The zero-order valence-corrected chi connectivity index (χ0v) is 14.0. The molecule has 3 heteroatoms. The van der Waals surface area contributed by atoms with Crippen LogP contribution in [0.3, 0.4) is 0 Å². The largest absolute Gasteiger partial charge is 0.379 e. The maximum Gasteiger partial charge on any atom is 0.0794 e. The lowest BCUT2D eigenvalue weighted by Gasteiger charge is -2.35. The molecule has 0 saturated heterocycles. The second-order valence-corrected chi connectivity index (χ2v) is 7.14. The number of ether oxygens (including phenoxy) is 1. The highest BCUT2D eigenvalue weighted by Gasteiger charge is 2.31. The lowest BCUT2D eigenvalue weighted by Crippen LogP contribution is -2.39. The summed E-state index contributed by atoms with van der Waals surface area (Å²) in [7, 11) is 1.89. The molecular formula is C17H29NOS. The van der Waals surface area contributed by atoms with Gasteiger partial charge in [0, 0.05) is 12.0 Å². The molecule has 0 spiro atoms. The highest BCUT2D eigenvalue weighted by molar-refractivity contribution is 7.10. The van der Waals surface area contributed by atoms with Gasteiger partial charge < -0.3 is 10.1 Å². The van der Waals surface area contributed by atoms with E-state index < -0.39 is 0 Å². The third-order valence-corrected chi connectivity index (χ3v) is 5.32. The van der Waals surface area contributed by atoms with Crippen molar-refractivity contribution in [2.45, 2.75) is 64.5 Å². The van der Waals surface area contributed by atoms with Crippen molar-refractivity contribution in [1.29, 1.82) is 0 Å². The fourth-order valence-corrected chi connectivity index (χ4v) is 4.15. The van der Waals surface area contributed by atoms with E-state index in [2.05, 4.69) is 30.6 Å². The van der Waals surface area contributed by atoms with Gasteiger partial charge in [0.1, 0.15) is 0 Å². The van der Waals surface area contributed by atoms with Crippen LogP contribution in [0.4, 0.5) is 0 Å². The van der Waals surface area contributed by atoms with Gasteiger partial charge in [-0.15, -0.1) is 11.3 Å². The highest BCUT2D eigenvalue weighted by Crippen LogP contribution is 2.35. The average molecular weight is 295 g/mol. The minimum Gasteiger partial charge on any atom is -0.379 e. The first kappa shape index (κ1) is 16.0. The Morgan fingerprint density at radius 2 is 2.10 bits per heavy atom. The molecule has 114 valence electrons. The smallest absolute Gasteiger partial charge is 0.0794 e. The van der Waals surface area contributed by atoms with Crippen LogP contribution in [0.2, 0.25) is 0 Å². The van der Waals surface area contributed by atoms with Crippen LogP contribution >= 0.6 is 11.3 Å². The van der Waals surface area contributed by atoms with Gasteiger partial charge in [-0.05, 0) is 55.7 Å². The van der Waals surface area contributed by atoms with Crippen molar-refractivity contribution in [1.82, 2.24) is 5.32 Å². The maximum atomic E-state index is 5.95. The van der Waals surface area contributed by atoms with Gasteiger partial charge in [-0.2, -0.15) is 0 Å². The van der Waals surface area contributed by atoms with Crippen molar-refractivity contribution in [2.24, 2.45) is 5.92 Å². The van der Waals surface area contributed by atoms with Crippen molar-refractivity contribution in [3.8, 4) is 0 Å². The van der Waals surface area contributed by atoms with Gasteiger partial charge in [-0.3, -0.25) is 0 Å². The molecule has 2 nitrogen and oxygen atoms in total. The summed E-state index contributed by atoms with van der Waals surface area (Å²) in [6.45, 7) is 5.48. The quantitative estimate of drug-likeness (QED) is 0.787. The first-order valence-corrected chi connectivity index (χ1v) is 8.95. The SMILES string of the molecule is CCCNC(c1csc(C)c1)C(OC)C1CCCCC1. The van der Waals surface area contributed by atoms with Crippen LogP contribution in [0.15, 0.2) is 11.4 Å². The topological polar surface area (TPSA) is 21.3 Å². The second kappa shape index (κ2) is 8.16. The molecule has 1 fully saturated rings. The van der Waals surface area contributed by atoms with E-state index in [0.29, 0.717) is 18.1 Å². The fourth-order valence-electron chi connectivity index (χ4n) is 3.41. The minimum absolute atomic E-state index is 0.316. The molecular weight excluding hydrogens is 266 g/mol. The van der Waals surface area contributed by atoms with E-state index in [1.165, 1.54) is 49.0 Å². The summed E-state index contributed by atoms with van der Waals surface area (Å²) in [5.74, 6) is 0.711. The van der Waals surface area contributed by atoms with Crippen LogP contribution < -0.4 is 5.32 Å². The van der Waals surface area contributed by atoms with Gasteiger partial charge in [0.05, 0.1) is 12.1 Å². The Hall–Kier alpha value is -0.380. The highest BCUT2D eigenvalue weighted by atomic mass is 32.1. The molecule has 1 N–H and O–H groups in total. The lowest BCUT2D eigenvalue weighted by molar-refractivity contribution is 0.00766. The molecule has 0 bridgehead atoms. The van der Waals surface area contributed by atoms with E-state index in [1.807, 2.05) is 18.4 Å². The van der Waals surface area contributed by atoms with E-state index in [0.717, 1.165) is 6.54 Å². The third kappa shape index (κ3) is 4.06. The van der Waals surface area contributed by atoms with Gasteiger partial charge in [0.15, 0.2) is 0 Å². The summed E-state index contributed by atoms with van der Waals surface area (Å²) in [5, 5.41) is 6.03. The van der Waals surface area contributed by atoms with Crippen molar-refractivity contribution < 1.29 is 4.74 Å². The normalized spacial score (nSPS) is 19.9. The number of nitrogens with one attached hydrogen (secondary N) is 1. The number of aryl methyl sites for hydroxylation is 1. The zero-order valence-electron chi connectivity index (χ0n) is 13.2. The summed E-state index contributed by atoms with van der Waals surface area (Å²) in [4.78, 5) is 1.39. The van der Waals surface area contributed by atoms with Gasteiger partial charge in [-0.25, -0.2) is 0 Å². The van der Waals surface area contributed by atoms with Gasteiger partial charge in [-0.1, -0.05) is 26.2 Å². The average Bonchev–Trinajstić information content (AvgIpc) is 2.90.